The van der Waals surface area contributed by atoms with E-state index < -0.39 is 0 Å². The lowest BCUT2D eigenvalue weighted by molar-refractivity contribution is -0.121. The third-order valence-electron chi connectivity index (χ3n) is 4.95. The molecule has 0 spiro atoms. The first-order valence-electron chi connectivity index (χ1n) is 9.61. The highest BCUT2D eigenvalue weighted by molar-refractivity contribution is 7.13. The number of hydrogen-bond donors (Lipinski definition) is 2. The Morgan fingerprint density at radius 1 is 1.07 bits per heavy atom. The van der Waals surface area contributed by atoms with E-state index in [4.69, 9.17) is 0 Å². The van der Waals surface area contributed by atoms with Crippen molar-refractivity contribution >= 4 is 23.2 Å². The van der Waals surface area contributed by atoms with Crippen molar-refractivity contribution in [1.82, 2.24) is 20.4 Å². The Balaban J connectivity index is 1.57. The molecule has 2 heterocycles. The fraction of sp³-hybridized carbons (Fsp3) is 0.429. The van der Waals surface area contributed by atoms with Crippen molar-refractivity contribution in [2.75, 3.05) is 46.3 Å². The van der Waals surface area contributed by atoms with Gasteiger partial charge in [-0.15, -0.1) is 11.3 Å². The van der Waals surface area contributed by atoms with Crippen LogP contribution in [0.4, 0.5) is 0 Å². The summed E-state index contributed by atoms with van der Waals surface area (Å²) < 4.78 is 0. The quantitative estimate of drug-likeness (QED) is 0.745. The molecular weight excluding hydrogens is 372 g/mol. The van der Waals surface area contributed by atoms with Gasteiger partial charge in [0.2, 0.25) is 5.91 Å². The highest BCUT2D eigenvalue weighted by atomic mass is 32.1. The highest BCUT2D eigenvalue weighted by Gasteiger charge is 2.21. The molecule has 1 fully saturated rings. The zero-order valence-corrected chi connectivity index (χ0v) is 17.3. The van der Waals surface area contributed by atoms with Crippen molar-refractivity contribution < 1.29 is 9.59 Å². The predicted octanol–water partition coefficient (Wildman–Crippen LogP) is 1.89. The van der Waals surface area contributed by atoms with Crippen LogP contribution in [0.15, 0.2) is 42.5 Å². The van der Waals surface area contributed by atoms with Crippen molar-refractivity contribution in [1.29, 1.82) is 0 Å². The molecule has 1 aromatic heterocycles. The van der Waals surface area contributed by atoms with Gasteiger partial charge in [0.15, 0.2) is 0 Å². The molecule has 1 saturated heterocycles. The lowest BCUT2D eigenvalue weighted by atomic mass is 10.1. The smallest absolute Gasteiger partial charge is 0.261 e. The van der Waals surface area contributed by atoms with Gasteiger partial charge < -0.3 is 15.5 Å². The van der Waals surface area contributed by atoms with Crippen molar-refractivity contribution in [3.05, 3.63) is 57.8 Å². The average molecular weight is 401 g/mol. The number of amides is 2. The van der Waals surface area contributed by atoms with Gasteiger partial charge >= 0.3 is 0 Å². The molecule has 0 radical (unpaired) electrons. The molecule has 2 amide bonds. The van der Waals surface area contributed by atoms with Crippen molar-refractivity contribution in [2.24, 2.45) is 0 Å². The van der Waals surface area contributed by atoms with E-state index in [9.17, 15) is 9.59 Å². The second-order valence-corrected chi connectivity index (χ2v) is 8.52. The zero-order valence-electron chi connectivity index (χ0n) is 16.5. The van der Waals surface area contributed by atoms with Crippen LogP contribution in [0.5, 0.6) is 0 Å². The van der Waals surface area contributed by atoms with Gasteiger partial charge in [0, 0.05) is 37.6 Å². The second-order valence-electron chi connectivity index (χ2n) is 7.23. The maximum Gasteiger partial charge on any atom is 0.261 e. The van der Waals surface area contributed by atoms with Gasteiger partial charge in [0.25, 0.3) is 5.91 Å². The van der Waals surface area contributed by atoms with E-state index in [0.29, 0.717) is 4.88 Å². The first-order valence-corrected chi connectivity index (χ1v) is 10.4. The largest absolute Gasteiger partial charge is 0.346 e. The summed E-state index contributed by atoms with van der Waals surface area (Å²) in [6.45, 7) is 6.74. The predicted molar refractivity (Wildman–Crippen MR) is 113 cm³/mol. The molecule has 1 aliphatic rings. The Kier molecular flexibility index (Phi) is 7.19. The summed E-state index contributed by atoms with van der Waals surface area (Å²) in [4.78, 5) is 31.1. The summed E-state index contributed by atoms with van der Waals surface area (Å²) >= 11 is 1.43. The fourth-order valence-corrected chi connectivity index (χ4v) is 4.04. The van der Waals surface area contributed by atoms with Gasteiger partial charge in [-0.05, 0) is 31.7 Å². The number of aryl methyl sites for hydroxylation is 1. The highest BCUT2D eigenvalue weighted by Crippen LogP contribution is 2.16. The van der Waals surface area contributed by atoms with Gasteiger partial charge in [-0.2, -0.15) is 0 Å². The minimum atomic E-state index is -0.205. The minimum absolute atomic E-state index is 0.0259. The number of benzene rings is 1. The summed E-state index contributed by atoms with van der Waals surface area (Å²) in [5.74, 6) is -0.381. The Bertz CT molecular complexity index is 785. The summed E-state index contributed by atoms with van der Waals surface area (Å²) in [7, 11) is 2.13. The minimum Gasteiger partial charge on any atom is -0.346 e. The Morgan fingerprint density at radius 2 is 1.79 bits per heavy atom. The normalized spacial score (nSPS) is 16.5. The van der Waals surface area contributed by atoms with Crippen molar-refractivity contribution in [3.8, 4) is 0 Å². The topological polar surface area (TPSA) is 64.7 Å². The first kappa shape index (κ1) is 20.5. The molecule has 2 aromatic rings. The molecule has 0 saturated carbocycles. The number of hydrogen-bond acceptors (Lipinski definition) is 5. The third-order valence-corrected chi connectivity index (χ3v) is 5.95. The van der Waals surface area contributed by atoms with Crippen molar-refractivity contribution in [2.45, 2.75) is 13.0 Å². The number of carbonyl (C=O) groups excluding carboxylic acids is 2. The molecule has 1 aliphatic heterocycles. The van der Waals surface area contributed by atoms with Gasteiger partial charge in [-0.25, -0.2) is 0 Å². The van der Waals surface area contributed by atoms with E-state index in [-0.39, 0.29) is 24.4 Å². The van der Waals surface area contributed by atoms with Crippen LogP contribution in [0.25, 0.3) is 0 Å². The molecule has 2 N–H and O–H groups in total. The van der Waals surface area contributed by atoms with Crippen molar-refractivity contribution in [3.63, 3.8) is 0 Å². The van der Waals surface area contributed by atoms with Crippen LogP contribution < -0.4 is 10.6 Å². The van der Waals surface area contributed by atoms with E-state index in [1.165, 1.54) is 11.3 Å². The second kappa shape index (κ2) is 9.82. The molecule has 6 nitrogen and oxygen atoms in total. The molecule has 28 heavy (non-hydrogen) atoms. The lowest BCUT2D eigenvalue weighted by Gasteiger charge is -2.35. The number of rotatable bonds is 7. The van der Waals surface area contributed by atoms with Gasteiger partial charge in [-0.1, -0.05) is 30.3 Å². The van der Waals surface area contributed by atoms with Crippen LogP contribution in [0.3, 0.4) is 0 Å². The average Bonchev–Trinajstić information content (AvgIpc) is 3.14. The fourth-order valence-electron chi connectivity index (χ4n) is 3.26. The van der Waals surface area contributed by atoms with Crippen LogP contribution in [0, 0.1) is 6.92 Å². The third kappa shape index (κ3) is 5.89. The number of nitrogens with zero attached hydrogens (tertiary/aromatic N) is 2. The van der Waals surface area contributed by atoms with E-state index >= 15 is 0 Å². The van der Waals surface area contributed by atoms with Gasteiger partial charge in [-0.3, -0.25) is 14.5 Å². The lowest BCUT2D eigenvalue weighted by Crippen LogP contribution is -2.48. The Hall–Kier alpha value is -2.22. The molecule has 7 heteroatoms. The van der Waals surface area contributed by atoms with E-state index in [0.717, 1.165) is 43.2 Å². The summed E-state index contributed by atoms with van der Waals surface area (Å²) in [6, 6.07) is 13.6. The Morgan fingerprint density at radius 3 is 2.43 bits per heavy atom. The number of thiophene rings is 1. The number of carbonyl (C=O) groups is 2. The van der Waals surface area contributed by atoms with E-state index in [1.807, 2.05) is 43.3 Å². The molecular formula is C21H28N4O2S. The van der Waals surface area contributed by atoms with Crippen LogP contribution in [-0.4, -0.2) is 67.9 Å². The standard InChI is InChI=1S/C21H28N4O2S/c1-16-8-9-19(28-16)21(27)22-14-20(26)23-18(17-6-4-3-5-7-17)15-25-12-10-24(2)11-13-25/h3-9,18H,10-15H2,1-2H3,(H,22,27)(H,23,26). The molecule has 150 valence electrons. The number of nitrogens with one attached hydrogen (secondary N) is 2. The van der Waals surface area contributed by atoms with Crippen LogP contribution >= 0.6 is 11.3 Å². The van der Waals surface area contributed by atoms with E-state index in [1.54, 1.807) is 6.07 Å². The maximum absolute atomic E-state index is 12.5. The van der Waals surface area contributed by atoms with E-state index in [2.05, 4.69) is 27.5 Å². The van der Waals surface area contributed by atoms with Crippen LogP contribution in [-0.2, 0) is 4.79 Å². The molecule has 1 aromatic carbocycles. The Labute approximate surface area is 170 Å². The molecule has 1 atom stereocenters. The van der Waals surface area contributed by atoms with Gasteiger partial charge in [0.05, 0.1) is 17.5 Å². The molecule has 0 aliphatic carbocycles. The summed E-state index contributed by atoms with van der Waals surface area (Å²) in [6.07, 6.45) is 0. The van der Waals surface area contributed by atoms with Gasteiger partial charge in [0.1, 0.15) is 0 Å². The summed E-state index contributed by atoms with van der Waals surface area (Å²) in [5, 5.41) is 5.82. The van der Waals surface area contributed by atoms with Crippen LogP contribution in [0.2, 0.25) is 0 Å². The number of piperazine rings is 1. The molecule has 0 bridgehead atoms. The number of likely N-dealkylation sites (N-methyl/N-ethyl adjacent to an activating group) is 1. The monoisotopic (exact) mass is 400 g/mol. The SMILES string of the molecule is Cc1ccc(C(=O)NCC(=O)NC(CN2CCN(C)CC2)c2ccccc2)s1. The zero-order chi connectivity index (χ0) is 19.9. The molecule has 1 unspecified atom stereocenters. The maximum atomic E-state index is 12.5. The summed E-state index contributed by atoms with van der Waals surface area (Å²) in [5.41, 5.74) is 1.08. The first-order chi connectivity index (χ1) is 13.5. The van der Waals surface area contributed by atoms with Crippen LogP contribution in [0.1, 0.15) is 26.2 Å². The molecule has 3 rings (SSSR count).